The summed E-state index contributed by atoms with van der Waals surface area (Å²) in [5, 5.41) is 3.04. The number of amides is 2. The second kappa shape index (κ2) is 9.93. The van der Waals surface area contributed by atoms with Crippen LogP contribution in [0.4, 0.5) is 0 Å². The normalized spacial score (nSPS) is 17.1. The van der Waals surface area contributed by atoms with E-state index in [4.69, 9.17) is 4.74 Å². The molecular formula is C23H28N2O3. The molecule has 2 aromatic carbocycles. The molecule has 1 aliphatic heterocycles. The standard InChI is InChI=1S/C23H28N2O3/c1-28-21-9-5-8-20(14-21)15-22(26)24-16-18-10-11-23(27)25(13-12-18)17-19-6-3-2-4-7-19/h2-9,14,18H,10-13,15-17H2,1H3,(H,24,26). The predicted molar refractivity (Wildman–Crippen MR) is 109 cm³/mol. The molecule has 1 saturated heterocycles. The Kier molecular flexibility index (Phi) is 7.06. The number of carbonyl (C=O) groups is 2. The minimum Gasteiger partial charge on any atom is -0.497 e. The molecule has 148 valence electrons. The Hall–Kier alpha value is -2.82. The van der Waals surface area contributed by atoms with Gasteiger partial charge in [-0.15, -0.1) is 0 Å². The van der Waals surface area contributed by atoms with Gasteiger partial charge in [-0.1, -0.05) is 42.5 Å². The Balaban J connectivity index is 1.46. The molecule has 5 heteroatoms. The first-order valence-electron chi connectivity index (χ1n) is 9.85. The highest BCUT2D eigenvalue weighted by molar-refractivity contribution is 5.79. The van der Waals surface area contributed by atoms with E-state index in [-0.39, 0.29) is 11.8 Å². The third-order valence-electron chi connectivity index (χ3n) is 5.23. The summed E-state index contributed by atoms with van der Waals surface area (Å²) in [7, 11) is 1.62. The number of rotatable bonds is 7. The van der Waals surface area contributed by atoms with Crippen molar-refractivity contribution in [2.75, 3.05) is 20.2 Å². The monoisotopic (exact) mass is 380 g/mol. The lowest BCUT2D eigenvalue weighted by Gasteiger charge is -2.21. The summed E-state index contributed by atoms with van der Waals surface area (Å²) in [5.41, 5.74) is 2.09. The zero-order chi connectivity index (χ0) is 19.8. The summed E-state index contributed by atoms with van der Waals surface area (Å²) in [5.74, 6) is 1.30. The first-order chi connectivity index (χ1) is 13.6. The van der Waals surface area contributed by atoms with E-state index in [1.165, 1.54) is 0 Å². The Bertz CT molecular complexity index is 791. The van der Waals surface area contributed by atoms with Crippen LogP contribution in [0.5, 0.6) is 5.75 Å². The number of benzene rings is 2. The van der Waals surface area contributed by atoms with E-state index in [0.717, 1.165) is 36.3 Å². The maximum absolute atomic E-state index is 12.4. The Labute approximate surface area is 166 Å². The van der Waals surface area contributed by atoms with E-state index in [1.54, 1.807) is 7.11 Å². The van der Waals surface area contributed by atoms with E-state index >= 15 is 0 Å². The van der Waals surface area contributed by atoms with Crippen LogP contribution < -0.4 is 10.1 Å². The zero-order valence-corrected chi connectivity index (χ0v) is 16.4. The molecule has 0 bridgehead atoms. The molecule has 1 atom stereocenters. The van der Waals surface area contributed by atoms with Gasteiger partial charge in [-0.3, -0.25) is 9.59 Å². The van der Waals surface area contributed by atoms with Gasteiger partial charge < -0.3 is 15.0 Å². The van der Waals surface area contributed by atoms with Crippen molar-refractivity contribution >= 4 is 11.8 Å². The molecule has 2 amide bonds. The third kappa shape index (κ3) is 5.84. The van der Waals surface area contributed by atoms with Crippen molar-refractivity contribution in [2.24, 2.45) is 5.92 Å². The van der Waals surface area contributed by atoms with E-state index < -0.39 is 0 Å². The summed E-state index contributed by atoms with van der Waals surface area (Å²) in [6, 6.07) is 17.6. The number of likely N-dealkylation sites (tertiary alicyclic amines) is 1. The van der Waals surface area contributed by atoms with Gasteiger partial charge in [0.2, 0.25) is 11.8 Å². The van der Waals surface area contributed by atoms with Gasteiger partial charge >= 0.3 is 0 Å². The fraction of sp³-hybridized carbons (Fsp3) is 0.391. The summed E-state index contributed by atoms with van der Waals surface area (Å²) >= 11 is 0. The molecule has 0 spiro atoms. The van der Waals surface area contributed by atoms with Gasteiger partial charge in [0.1, 0.15) is 5.75 Å². The van der Waals surface area contributed by atoms with Crippen molar-refractivity contribution in [3.05, 3.63) is 65.7 Å². The smallest absolute Gasteiger partial charge is 0.224 e. The molecule has 1 unspecified atom stereocenters. The van der Waals surface area contributed by atoms with Crippen LogP contribution in [-0.4, -0.2) is 36.9 Å². The van der Waals surface area contributed by atoms with Crippen LogP contribution in [-0.2, 0) is 22.6 Å². The molecule has 0 aliphatic carbocycles. The average Bonchev–Trinajstić information content (AvgIpc) is 2.89. The maximum atomic E-state index is 12.4. The number of nitrogens with zero attached hydrogens (tertiary/aromatic N) is 1. The second-order valence-electron chi connectivity index (χ2n) is 7.33. The lowest BCUT2D eigenvalue weighted by Crippen LogP contribution is -2.31. The summed E-state index contributed by atoms with van der Waals surface area (Å²) in [4.78, 5) is 26.6. The van der Waals surface area contributed by atoms with E-state index in [0.29, 0.717) is 31.8 Å². The van der Waals surface area contributed by atoms with E-state index in [9.17, 15) is 9.59 Å². The van der Waals surface area contributed by atoms with Gasteiger partial charge in [0.05, 0.1) is 13.5 Å². The number of hydrogen-bond acceptors (Lipinski definition) is 3. The third-order valence-corrected chi connectivity index (χ3v) is 5.23. The highest BCUT2D eigenvalue weighted by Crippen LogP contribution is 2.20. The first-order valence-corrected chi connectivity index (χ1v) is 9.85. The second-order valence-corrected chi connectivity index (χ2v) is 7.33. The summed E-state index contributed by atoms with van der Waals surface area (Å²) in [6.07, 6.45) is 2.62. The van der Waals surface area contributed by atoms with Crippen molar-refractivity contribution in [1.29, 1.82) is 0 Å². The van der Waals surface area contributed by atoms with Crippen molar-refractivity contribution in [1.82, 2.24) is 10.2 Å². The maximum Gasteiger partial charge on any atom is 0.224 e. The summed E-state index contributed by atoms with van der Waals surface area (Å²) < 4.78 is 5.20. The molecule has 1 heterocycles. The molecule has 0 aromatic heterocycles. The minimum atomic E-state index is 0.00460. The van der Waals surface area contributed by atoms with Crippen molar-refractivity contribution in [3.8, 4) is 5.75 Å². The topological polar surface area (TPSA) is 58.6 Å². The lowest BCUT2D eigenvalue weighted by molar-refractivity contribution is -0.131. The zero-order valence-electron chi connectivity index (χ0n) is 16.4. The molecule has 0 saturated carbocycles. The highest BCUT2D eigenvalue weighted by Gasteiger charge is 2.22. The average molecular weight is 380 g/mol. The van der Waals surface area contributed by atoms with Gasteiger partial charge in [-0.05, 0) is 42.0 Å². The summed E-state index contributed by atoms with van der Waals surface area (Å²) in [6.45, 7) is 2.02. The number of methoxy groups -OCH3 is 1. The Morgan fingerprint density at radius 1 is 1.11 bits per heavy atom. The van der Waals surface area contributed by atoms with Crippen molar-refractivity contribution in [3.63, 3.8) is 0 Å². The van der Waals surface area contributed by atoms with Crippen molar-refractivity contribution in [2.45, 2.75) is 32.2 Å². The number of ether oxygens (including phenoxy) is 1. The van der Waals surface area contributed by atoms with E-state index in [1.807, 2.05) is 47.4 Å². The molecular weight excluding hydrogens is 352 g/mol. The van der Waals surface area contributed by atoms with Crippen LogP contribution in [0.25, 0.3) is 0 Å². The van der Waals surface area contributed by atoms with Crippen LogP contribution in [0.2, 0.25) is 0 Å². The fourth-order valence-electron chi connectivity index (χ4n) is 3.56. The SMILES string of the molecule is COc1cccc(CC(=O)NCC2CCC(=O)N(Cc3ccccc3)CC2)c1. The predicted octanol–water partition coefficient (Wildman–Crippen LogP) is 3.18. The van der Waals surface area contributed by atoms with Crippen LogP contribution in [0.1, 0.15) is 30.4 Å². The van der Waals surface area contributed by atoms with Gasteiger partial charge in [0, 0.05) is 26.1 Å². The first kappa shape index (κ1) is 19.9. The Morgan fingerprint density at radius 3 is 2.68 bits per heavy atom. The molecule has 2 aromatic rings. The number of nitrogens with one attached hydrogen (secondary N) is 1. The van der Waals surface area contributed by atoms with Crippen LogP contribution in [0.15, 0.2) is 54.6 Å². The molecule has 1 N–H and O–H groups in total. The largest absolute Gasteiger partial charge is 0.497 e. The quantitative estimate of drug-likeness (QED) is 0.803. The fourth-order valence-corrected chi connectivity index (χ4v) is 3.56. The van der Waals surface area contributed by atoms with Gasteiger partial charge in [-0.2, -0.15) is 0 Å². The highest BCUT2D eigenvalue weighted by atomic mass is 16.5. The van der Waals surface area contributed by atoms with Crippen molar-refractivity contribution < 1.29 is 14.3 Å². The van der Waals surface area contributed by atoms with Crippen LogP contribution in [0, 0.1) is 5.92 Å². The molecule has 5 nitrogen and oxygen atoms in total. The Morgan fingerprint density at radius 2 is 1.89 bits per heavy atom. The van der Waals surface area contributed by atoms with E-state index in [2.05, 4.69) is 17.4 Å². The molecule has 0 radical (unpaired) electrons. The number of hydrogen-bond donors (Lipinski definition) is 1. The molecule has 28 heavy (non-hydrogen) atoms. The van der Waals surface area contributed by atoms with Gasteiger partial charge in [0.25, 0.3) is 0 Å². The van der Waals surface area contributed by atoms with Gasteiger partial charge in [0.15, 0.2) is 0 Å². The van der Waals surface area contributed by atoms with Crippen LogP contribution in [0.3, 0.4) is 0 Å². The molecule has 1 fully saturated rings. The lowest BCUT2D eigenvalue weighted by atomic mass is 10.0. The van der Waals surface area contributed by atoms with Gasteiger partial charge in [-0.25, -0.2) is 0 Å². The molecule has 1 aliphatic rings. The minimum absolute atomic E-state index is 0.00460. The number of carbonyl (C=O) groups excluding carboxylic acids is 2. The molecule has 3 rings (SSSR count). The van der Waals surface area contributed by atoms with Crippen LogP contribution >= 0.6 is 0 Å².